The van der Waals surface area contributed by atoms with Crippen LogP contribution in [0.15, 0.2) is 0 Å². The molecule has 24 heavy (non-hydrogen) atoms. The maximum atomic E-state index is 12.7. The summed E-state index contributed by atoms with van der Waals surface area (Å²) in [4.78, 5) is 23.5. The Morgan fingerprint density at radius 3 is 1.67 bits per heavy atom. The van der Waals surface area contributed by atoms with Crippen molar-refractivity contribution in [3.05, 3.63) is 0 Å². The lowest BCUT2D eigenvalue weighted by Crippen LogP contribution is -2.71. The minimum absolute atomic E-state index is 0.0880. The van der Waals surface area contributed by atoms with Gasteiger partial charge in [0.25, 0.3) is 0 Å². The smallest absolute Gasteiger partial charge is 0.339 e. The van der Waals surface area contributed by atoms with Crippen LogP contribution in [0.25, 0.3) is 0 Å². The number of primary amides is 2. The monoisotopic (exact) mass is 340 g/mol. The van der Waals surface area contributed by atoms with Crippen molar-refractivity contribution in [2.24, 2.45) is 11.5 Å². The molecule has 2 saturated heterocycles. The standard InChI is InChI=1S/C18H34N4O2/c1-3-21(12-13-21)18(17(20)24,22(4-2)14-15-22)11-9-7-5-6-8-10-16(19)23/h3-15H2,1-2H3,(H2-2,19,20,23,24)/p+2. The molecule has 0 aromatic heterocycles. The summed E-state index contributed by atoms with van der Waals surface area (Å²) in [5.74, 6) is -0.301. The number of carbonyl (C=O) groups excluding carboxylic acids is 2. The maximum Gasteiger partial charge on any atom is 0.339 e. The number of rotatable bonds is 13. The van der Waals surface area contributed by atoms with Gasteiger partial charge < -0.3 is 11.5 Å². The highest BCUT2D eigenvalue weighted by Crippen LogP contribution is 2.49. The van der Waals surface area contributed by atoms with Crippen LogP contribution in [0.5, 0.6) is 0 Å². The quantitative estimate of drug-likeness (QED) is 0.299. The lowest BCUT2D eigenvalue weighted by atomic mass is 9.95. The predicted molar refractivity (Wildman–Crippen MR) is 94.5 cm³/mol. The van der Waals surface area contributed by atoms with Crippen LogP contribution >= 0.6 is 0 Å². The third-order valence-electron chi connectivity index (χ3n) is 6.65. The van der Waals surface area contributed by atoms with Gasteiger partial charge in [0.1, 0.15) is 26.2 Å². The van der Waals surface area contributed by atoms with Crippen molar-refractivity contribution in [2.45, 2.75) is 64.5 Å². The first-order chi connectivity index (χ1) is 11.4. The van der Waals surface area contributed by atoms with E-state index in [0.717, 1.165) is 86.8 Å². The molecule has 2 rings (SSSR count). The van der Waals surface area contributed by atoms with E-state index in [-0.39, 0.29) is 11.8 Å². The molecule has 6 heteroatoms. The van der Waals surface area contributed by atoms with E-state index in [2.05, 4.69) is 13.8 Å². The Morgan fingerprint density at radius 1 is 0.833 bits per heavy atom. The van der Waals surface area contributed by atoms with Crippen molar-refractivity contribution in [1.29, 1.82) is 0 Å². The van der Waals surface area contributed by atoms with Crippen LogP contribution in [0.1, 0.15) is 58.8 Å². The normalized spacial score (nSPS) is 20.6. The van der Waals surface area contributed by atoms with E-state index in [9.17, 15) is 9.59 Å². The second kappa shape index (κ2) is 7.40. The third kappa shape index (κ3) is 3.31. The summed E-state index contributed by atoms with van der Waals surface area (Å²) >= 11 is 0. The van der Waals surface area contributed by atoms with Crippen molar-refractivity contribution < 1.29 is 18.6 Å². The van der Waals surface area contributed by atoms with Gasteiger partial charge in [-0.15, -0.1) is 0 Å². The van der Waals surface area contributed by atoms with E-state index in [1.54, 1.807) is 0 Å². The summed E-state index contributed by atoms with van der Waals surface area (Å²) in [6.07, 6.45) is 6.53. The van der Waals surface area contributed by atoms with E-state index in [4.69, 9.17) is 11.5 Å². The average molecular weight is 341 g/mol. The van der Waals surface area contributed by atoms with Crippen LogP contribution < -0.4 is 11.5 Å². The van der Waals surface area contributed by atoms with Gasteiger partial charge in [-0.05, 0) is 26.7 Å². The zero-order chi connectivity index (χ0) is 17.8. The van der Waals surface area contributed by atoms with Crippen molar-refractivity contribution in [3.63, 3.8) is 0 Å². The van der Waals surface area contributed by atoms with E-state index in [1.807, 2.05) is 0 Å². The topological polar surface area (TPSA) is 86.2 Å². The van der Waals surface area contributed by atoms with Crippen LogP contribution in [-0.2, 0) is 9.59 Å². The molecular weight excluding hydrogens is 304 g/mol. The molecule has 2 aliphatic rings. The number of hydrogen-bond acceptors (Lipinski definition) is 2. The van der Waals surface area contributed by atoms with Crippen LogP contribution in [0.4, 0.5) is 0 Å². The third-order valence-corrected chi connectivity index (χ3v) is 6.65. The molecule has 6 nitrogen and oxygen atoms in total. The minimum Gasteiger partial charge on any atom is -0.370 e. The highest BCUT2D eigenvalue weighted by Gasteiger charge is 2.76. The van der Waals surface area contributed by atoms with Gasteiger partial charge in [0.2, 0.25) is 5.91 Å². The lowest BCUT2D eigenvalue weighted by Gasteiger charge is -2.43. The molecule has 138 valence electrons. The molecule has 0 spiro atoms. The van der Waals surface area contributed by atoms with Crippen LogP contribution in [-0.4, -0.2) is 65.7 Å². The fraction of sp³-hybridized carbons (Fsp3) is 0.889. The number of nitrogens with two attached hydrogens (primary N) is 2. The Balaban J connectivity index is 1.95. The number of nitrogens with zero attached hydrogens (tertiary/aromatic N) is 2. The molecule has 0 aromatic carbocycles. The molecule has 0 saturated carbocycles. The highest BCUT2D eigenvalue weighted by atomic mass is 16.2. The Labute approximate surface area is 146 Å². The Kier molecular flexibility index (Phi) is 5.91. The average Bonchev–Trinajstić information content (AvgIpc) is 3.45. The molecule has 2 aliphatic heterocycles. The summed E-state index contributed by atoms with van der Waals surface area (Å²) in [7, 11) is 0. The Hall–Kier alpha value is -1.14. The van der Waals surface area contributed by atoms with Gasteiger partial charge in [-0.1, -0.05) is 19.3 Å². The second-order valence-corrected chi connectivity index (χ2v) is 7.73. The van der Waals surface area contributed by atoms with E-state index >= 15 is 0 Å². The van der Waals surface area contributed by atoms with Crippen molar-refractivity contribution >= 4 is 11.8 Å². The first-order valence-electron chi connectivity index (χ1n) is 9.70. The molecule has 4 N–H and O–H groups in total. The van der Waals surface area contributed by atoms with Gasteiger partial charge in [-0.3, -0.25) is 18.6 Å². The molecule has 2 heterocycles. The molecule has 0 atom stereocenters. The van der Waals surface area contributed by atoms with Gasteiger partial charge in [-0.2, -0.15) is 0 Å². The van der Waals surface area contributed by atoms with Crippen LogP contribution in [0.2, 0.25) is 0 Å². The predicted octanol–water partition coefficient (Wildman–Crippen LogP) is 1.08. The van der Waals surface area contributed by atoms with Crippen molar-refractivity contribution in [1.82, 2.24) is 0 Å². The van der Waals surface area contributed by atoms with Gasteiger partial charge in [-0.25, -0.2) is 0 Å². The Morgan fingerprint density at radius 2 is 1.29 bits per heavy atom. The summed E-state index contributed by atoms with van der Waals surface area (Å²) in [5.41, 5.74) is 10.8. The van der Waals surface area contributed by atoms with Gasteiger partial charge in [0.05, 0.1) is 19.5 Å². The van der Waals surface area contributed by atoms with Crippen molar-refractivity contribution in [3.8, 4) is 0 Å². The molecule has 0 unspecified atom stereocenters. The first kappa shape index (κ1) is 19.2. The fourth-order valence-electron chi connectivity index (χ4n) is 4.85. The molecule has 2 amide bonds. The minimum atomic E-state index is -0.406. The molecule has 0 aromatic rings. The summed E-state index contributed by atoms with van der Waals surface area (Å²) < 4.78 is 1.80. The molecule has 2 fully saturated rings. The van der Waals surface area contributed by atoms with E-state index in [1.165, 1.54) is 0 Å². The molecular formula is C18H36N4O2+2. The largest absolute Gasteiger partial charge is 0.370 e. The molecule has 0 aliphatic carbocycles. The fourth-order valence-corrected chi connectivity index (χ4v) is 4.85. The Bertz CT molecular complexity index is 450. The zero-order valence-corrected chi connectivity index (χ0v) is 15.6. The van der Waals surface area contributed by atoms with Gasteiger partial charge in [0.15, 0.2) is 0 Å². The van der Waals surface area contributed by atoms with Gasteiger partial charge in [0, 0.05) is 6.42 Å². The van der Waals surface area contributed by atoms with Crippen molar-refractivity contribution in [2.75, 3.05) is 39.3 Å². The number of hydrogen-bond donors (Lipinski definition) is 2. The number of carbonyl (C=O) groups is 2. The van der Waals surface area contributed by atoms with Crippen LogP contribution in [0.3, 0.4) is 0 Å². The number of quaternary nitrogens is 2. The first-order valence-corrected chi connectivity index (χ1v) is 9.70. The zero-order valence-electron chi connectivity index (χ0n) is 15.6. The van der Waals surface area contributed by atoms with Crippen LogP contribution in [0, 0.1) is 0 Å². The number of likely N-dealkylation sites (N-methyl/N-ethyl adjacent to an activating group) is 2. The summed E-state index contributed by atoms with van der Waals surface area (Å²) in [6.45, 7) is 10.8. The second-order valence-electron chi connectivity index (χ2n) is 7.73. The lowest BCUT2D eigenvalue weighted by molar-refractivity contribution is -1.05. The highest BCUT2D eigenvalue weighted by molar-refractivity contribution is 5.82. The maximum absolute atomic E-state index is 12.7. The van der Waals surface area contributed by atoms with E-state index < -0.39 is 5.66 Å². The SMILES string of the molecule is CC[N+]1(C(CCCCCCCC(N)=O)(C(N)=O)[N+]2(CC)CC2)CC1. The van der Waals surface area contributed by atoms with Gasteiger partial charge >= 0.3 is 11.6 Å². The summed E-state index contributed by atoms with van der Waals surface area (Å²) in [6, 6.07) is 0. The molecule has 0 radical (unpaired) electrons. The summed E-state index contributed by atoms with van der Waals surface area (Å²) in [5, 5.41) is 0. The number of unbranched alkanes of at least 4 members (excludes halogenated alkanes) is 4. The number of amides is 2. The molecule has 0 bridgehead atoms. The van der Waals surface area contributed by atoms with E-state index in [0.29, 0.717) is 6.42 Å².